The lowest BCUT2D eigenvalue weighted by atomic mass is 9.79. The zero-order chi connectivity index (χ0) is 47.6. The Balaban J connectivity index is 0.000000170. The van der Waals surface area contributed by atoms with E-state index < -0.39 is 10.7 Å². The molecule has 4 aliphatic rings. The number of nitrogens with two attached hydrogens (primary N) is 1. The SMILES string of the molecule is Cn1cc(CN2CCCC3(CCN(C(=O)Cc4nn(-c5ccc(F)cc5)cc4N)C3)C2)cn1.Cn1cc(CN2CCCC3(CCN(C(=O)Cc4nn(-c5ccc(F)cc5)cc4[N+](=O)[O-])C3)C2)cn1. The van der Waals surface area contributed by atoms with Gasteiger partial charge in [0.05, 0.1) is 59.1 Å². The molecule has 0 radical (unpaired) electrons. The van der Waals surface area contributed by atoms with Crippen molar-refractivity contribution in [2.24, 2.45) is 24.9 Å². The minimum atomic E-state index is -0.529. The number of benzene rings is 2. The van der Waals surface area contributed by atoms with Crippen LogP contribution in [0, 0.1) is 32.6 Å². The van der Waals surface area contributed by atoms with E-state index in [1.807, 2.05) is 51.8 Å². The van der Waals surface area contributed by atoms with Crippen LogP contribution in [0.25, 0.3) is 11.4 Å². The predicted octanol–water partition coefficient (Wildman–Crippen LogP) is 5.09. The number of aromatic nitrogens is 8. The third kappa shape index (κ3) is 10.7. The molecule has 68 heavy (non-hydrogen) atoms. The Labute approximate surface area is 393 Å². The van der Waals surface area contributed by atoms with Crippen molar-refractivity contribution in [2.75, 3.05) is 58.1 Å². The number of carbonyl (C=O) groups excluding carboxylic acids is 2. The molecule has 2 unspecified atom stereocenters. The van der Waals surface area contributed by atoms with Crippen LogP contribution in [0.2, 0.25) is 0 Å². The summed E-state index contributed by atoms with van der Waals surface area (Å²) in [5, 5.41) is 28.9. The van der Waals surface area contributed by atoms with Crippen LogP contribution in [0.3, 0.4) is 0 Å². The van der Waals surface area contributed by atoms with Gasteiger partial charge in [-0.15, -0.1) is 0 Å². The summed E-state index contributed by atoms with van der Waals surface area (Å²) in [7, 11) is 3.85. The summed E-state index contributed by atoms with van der Waals surface area (Å²) in [6.45, 7) is 8.65. The predicted molar refractivity (Wildman–Crippen MR) is 248 cm³/mol. The fourth-order valence-corrected chi connectivity index (χ4v) is 10.7. The summed E-state index contributed by atoms with van der Waals surface area (Å²) in [5.74, 6) is -0.805. The first-order valence-electron chi connectivity index (χ1n) is 23.2. The number of rotatable bonds is 11. The topological polar surface area (TPSA) is 188 Å². The summed E-state index contributed by atoms with van der Waals surface area (Å²) in [5.41, 5.74) is 10.9. The largest absolute Gasteiger partial charge is 0.396 e. The van der Waals surface area contributed by atoms with Crippen LogP contribution < -0.4 is 5.73 Å². The molecule has 2 N–H and O–H groups in total. The number of aryl methyl sites for hydroxylation is 2. The van der Waals surface area contributed by atoms with Crippen molar-refractivity contribution < 1.29 is 23.3 Å². The first kappa shape index (κ1) is 46.3. The van der Waals surface area contributed by atoms with E-state index in [9.17, 15) is 28.5 Å². The van der Waals surface area contributed by atoms with Gasteiger partial charge in [0, 0.05) is 101 Å². The standard InChI is InChI=1S/C24H28FN7O3.C24H30FN7O/c1-28-13-18(12-26-28)14-29-9-2-7-24(16-29)8-10-30(17-24)23(33)11-21-22(32(34)35)15-31(27-21)20-5-3-19(25)4-6-20;1-29-13-18(12-27-29)14-30-9-2-7-24(16-30)8-10-31(17-24)23(33)11-22-21(26)15-32(28-22)20-5-3-19(25)4-6-20/h3-6,12-13,15H,2,7-11,14,16-17H2,1H3;3-6,12-13,15H,2,7-11,14,16-17,26H2,1H3. The van der Waals surface area contributed by atoms with Crippen LogP contribution in [0.15, 0.2) is 85.7 Å². The fraction of sp³-hybridized carbons (Fsp3) is 0.458. The van der Waals surface area contributed by atoms with Crippen molar-refractivity contribution in [3.05, 3.63) is 130 Å². The number of amides is 2. The number of halogens is 2. The second-order valence-corrected chi connectivity index (χ2v) is 19.2. The molecule has 0 bridgehead atoms. The molecule has 8 heterocycles. The average Bonchev–Trinajstić information content (AvgIpc) is 4.19. The van der Waals surface area contributed by atoms with Crippen LogP contribution in [-0.4, -0.2) is 128 Å². The normalized spacial score (nSPS) is 20.9. The number of nitrogen functional groups attached to an aromatic ring is 1. The summed E-state index contributed by atoms with van der Waals surface area (Å²) < 4.78 is 33.0. The molecule has 2 aromatic carbocycles. The maximum absolute atomic E-state index is 13.3. The lowest BCUT2D eigenvalue weighted by molar-refractivity contribution is -0.385. The Morgan fingerprint density at radius 2 is 1.10 bits per heavy atom. The fourth-order valence-electron chi connectivity index (χ4n) is 10.7. The van der Waals surface area contributed by atoms with E-state index in [1.165, 1.54) is 58.4 Å². The Kier molecular flexibility index (Phi) is 13.2. The number of carbonyl (C=O) groups is 2. The maximum Gasteiger partial charge on any atom is 0.311 e. The Hall–Kier alpha value is -6.80. The molecule has 2 spiro atoms. The van der Waals surface area contributed by atoms with Crippen LogP contribution in [0.1, 0.15) is 61.0 Å². The first-order valence-corrected chi connectivity index (χ1v) is 23.2. The number of likely N-dealkylation sites (tertiary alicyclic amines) is 4. The van der Waals surface area contributed by atoms with Gasteiger partial charge < -0.3 is 15.5 Å². The van der Waals surface area contributed by atoms with Crippen molar-refractivity contribution in [2.45, 2.75) is 64.5 Å². The van der Waals surface area contributed by atoms with E-state index in [0.29, 0.717) is 35.8 Å². The number of hydrogen-bond acceptors (Lipinski definition) is 11. The van der Waals surface area contributed by atoms with Gasteiger partial charge in [-0.3, -0.25) is 38.9 Å². The maximum atomic E-state index is 13.3. The summed E-state index contributed by atoms with van der Waals surface area (Å²) in [6, 6.07) is 11.5. The van der Waals surface area contributed by atoms with E-state index in [-0.39, 0.29) is 52.7 Å². The van der Waals surface area contributed by atoms with E-state index in [4.69, 9.17) is 5.73 Å². The third-order valence-corrected chi connectivity index (χ3v) is 14.0. The van der Waals surface area contributed by atoms with Crippen molar-refractivity contribution >= 4 is 23.2 Å². The van der Waals surface area contributed by atoms with E-state index in [0.717, 1.165) is 90.9 Å². The summed E-state index contributed by atoms with van der Waals surface area (Å²) in [4.78, 5) is 46.1. The van der Waals surface area contributed by atoms with Crippen LogP contribution in [0.4, 0.5) is 20.2 Å². The molecule has 4 aromatic heterocycles. The molecule has 358 valence electrons. The summed E-state index contributed by atoms with van der Waals surface area (Å²) >= 11 is 0. The van der Waals surface area contributed by atoms with Crippen molar-refractivity contribution in [1.29, 1.82) is 0 Å². The molecule has 4 aliphatic heterocycles. The minimum absolute atomic E-state index is 0.0511. The van der Waals surface area contributed by atoms with Crippen molar-refractivity contribution in [3.63, 3.8) is 0 Å². The molecule has 0 saturated carbocycles. The van der Waals surface area contributed by atoms with Crippen LogP contribution in [-0.2, 0) is 49.6 Å². The molecule has 10 rings (SSSR count). The molecule has 4 fully saturated rings. The quantitative estimate of drug-likeness (QED) is 0.135. The van der Waals surface area contributed by atoms with Gasteiger partial charge in [0.15, 0.2) is 0 Å². The molecular weight excluding hydrogens is 875 g/mol. The second-order valence-electron chi connectivity index (χ2n) is 19.2. The van der Waals surface area contributed by atoms with Crippen LogP contribution >= 0.6 is 0 Å². The second kappa shape index (κ2) is 19.4. The molecule has 4 saturated heterocycles. The first-order chi connectivity index (χ1) is 32.7. The number of anilines is 1. The van der Waals surface area contributed by atoms with E-state index in [1.54, 1.807) is 23.0 Å². The number of nitrogens with zero attached hydrogens (tertiary/aromatic N) is 13. The number of nitro groups is 1. The zero-order valence-corrected chi connectivity index (χ0v) is 38.6. The van der Waals surface area contributed by atoms with Gasteiger partial charge >= 0.3 is 5.69 Å². The molecular formula is C48H58F2N14O4. The molecule has 2 amide bonds. The van der Waals surface area contributed by atoms with Gasteiger partial charge in [-0.2, -0.15) is 20.4 Å². The zero-order valence-electron chi connectivity index (χ0n) is 38.6. The van der Waals surface area contributed by atoms with E-state index >= 15 is 0 Å². The minimum Gasteiger partial charge on any atom is -0.396 e. The highest BCUT2D eigenvalue weighted by Crippen LogP contribution is 2.41. The molecule has 18 nitrogen and oxygen atoms in total. The van der Waals surface area contributed by atoms with Gasteiger partial charge in [-0.25, -0.2) is 18.1 Å². The van der Waals surface area contributed by atoms with Gasteiger partial charge in [0.1, 0.15) is 23.5 Å². The Bertz CT molecular complexity index is 2750. The highest BCUT2D eigenvalue weighted by atomic mass is 19.1. The molecule has 2 atom stereocenters. The van der Waals surface area contributed by atoms with Crippen molar-refractivity contribution in [1.82, 2.24) is 58.7 Å². The van der Waals surface area contributed by atoms with Crippen LogP contribution in [0.5, 0.6) is 0 Å². The molecule has 6 aromatic rings. The lowest BCUT2D eigenvalue weighted by Crippen LogP contribution is -2.45. The smallest absolute Gasteiger partial charge is 0.311 e. The number of hydrogen-bond donors (Lipinski definition) is 1. The van der Waals surface area contributed by atoms with E-state index in [2.05, 4.69) is 36.4 Å². The number of piperidine rings is 2. The monoisotopic (exact) mass is 932 g/mol. The highest BCUT2D eigenvalue weighted by Gasteiger charge is 2.44. The van der Waals surface area contributed by atoms with Gasteiger partial charge in [-0.05, 0) is 100 Å². The highest BCUT2D eigenvalue weighted by molar-refractivity contribution is 5.80. The van der Waals surface area contributed by atoms with Gasteiger partial charge in [0.25, 0.3) is 0 Å². The van der Waals surface area contributed by atoms with Crippen molar-refractivity contribution in [3.8, 4) is 11.4 Å². The summed E-state index contributed by atoms with van der Waals surface area (Å²) in [6.07, 6.45) is 17.3. The Morgan fingerprint density at radius 1 is 0.647 bits per heavy atom. The molecule has 0 aliphatic carbocycles. The van der Waals surface area contributed by atoms with Gasteiger partial charge in [-0.1, -0.05) is 0 Å². The third-order valence-electron chi connectivity index (χ3n) is 14.0. The molecule has 20 heteroatoms. The average molecular weight is 933 g/mol. The lowest BCUT2D eigenvalue weighted by Gasteiger charge is -2.40. The van der Waals surface area contributed by atoms with Gasteiger partial charge in [0.2, 0.25) is 11.8 Å². The Morgan fingerprint density at radius 3 is 1.56 bits per heavy atom.